The van der Waals surface area contributed by atoms with E-state index in [4.69, 9.17) is 4.74 Å². The molecule has 0 bridgehead atoms. The average Bonchev–Trinajstić information content (AvgIpc) is 2.60. The Hall–Kier alpha value is -3.15. The van der Waals surface area contributed by atoms with Gasteiger partial charge in [0, 0.05) is 0 Å². The standard InChI is InChI=1S/C17H16N3O3/c1-3-16(21)20-13-9-8-12(18-11-13)10-19-17(22)14-6-4-5-7-15(14)23-2/h3-5,7-9,11H,1,10H2,2H3,(H,19,22)(H,20,21). The van der Waals surface area contributed by atoms with Crippen LogP contribution in [0.5, 0.6) is 5.75 Å². The molecule has 23 heavy (non-hydrogen) atoms. The highest BCUT2D eigenvalue weighted by Gasteiger charge is 2.11. The van der Waals surface area contributed by atoms with Crippen LogP contribution in [0.1, 0.15) is 16.1 Å². The Balaban J connectivity index is 1.96. The van der Waals surface area contributed by atoms with E-state index in [0.29, 0.717) is 22.7 Å². The van der Waals surface area contributed by atoms with Crippen molar-refractivity contribution < 1.29 is 14.3 Å². The van der Waals surface area contributed by atoms with Crippen LogP contribution in [0.25, 0.3) is 0 Å². The Morgan fingerprint density at radius 2 is 2.22 bits per heavy atom. The molecule has 1 radical (unpaired) electrons. The summed E-state index contributed by atoms with van der Waals surface area (Å²) in [5.41, 5.74) is 1.55. The van der Waals surface area contributed by atoms with Crippen molar-refractivity contribution in [2.45, 2.75) is 6.54 Å². The number of benzene rings is 1. The lowest BCUT2D eigenvalue weighted by Gasteiger charge is -2.09. The fourth-order valence-corrected chi connectivity index (χ4v) is 1.82. The molecule has 2 N–H and O–H groups in total. The molecule has 2 amide bonds. The number of carbonyl (C=O) groups excluding carboxylic acids is 2. The molecule has 0 atom stereocenters. The summed E-state index contributed by atoms with van der Waals surface area (Å²) in [4.78, 5) is 27.5. The van der Waals surface area contributed by atoms with Crippen LogP contribution in [0.15, 0.2) is 49.2 Å². The van der Waals surface area contributed by atoms with Crippen LogP contribution in [-0.4, -0.2) is 23.9 Å². The molecule has 2 aromatic rings. The number of pyridine rings is 1. The molecule has 1 aromatic carbocycles. The summed E-state index contributed by atoms with van der Waals surface area (Å²) in [5, 5.41) is 5.34. The summed E-state index contributed by atoms with van der Waals surface area (Å²) in [6, 6.07) is 11.3. The van der Waals surface area contributed by atoms with E-state index in [1.54, 1.807) is 30.3 Å². The number of amides is 2. The van der Waals surface area contributed by atoms with Gasteiger partial charge >= 0.3 is 0 Å². The van der Waals surface area contributed by atoms with E-state index in [0.717, 1.165) is 0 Å². The predicted octanol–water partition coefficient (Wildman–Crippen LogP) is 1.94. The van der Waals surface area contributed by atoms with Gasteiger partial charge in [0.15, 0.2) is 0 Å². The number of carbonyl (C=O) groups is 2. The molecular weight excluding hydrogens is 294 g/mol. The molecule has 2 rings (SSSR count). The molecule has 0 spiro atoms. The number of rotatable bonds is 6. The largest absolute Gasteiger partial charge is 0.496 e. The number of ether oxygens (including phenoxy) is 1. The third-order valence-electron chi connectivity index (χ3n) is 2.97. The maximum absolute atomic E-state index is 12.1. The summed E-state index contributed by atoms with van der Waals surface area (Å²) in [5.74, 6) is -0.145. The van der Waals surface area contributed by atoms with Gasteiger partial charge < -0.3 is 15.4 Å². The van der Waals surface area contributed by atoms with Gasteiger partial charge in [-0.25, -0.2) is 0 Å². The zero-order valence-electron chi connectivity index (χ0n) is 12.6. The summed E-state index contributed by atoms with van der Waals surface area (Å²) >= 11 is 0. The highest BCUT2D eigenvalue weighted by Crippen LogP contribution is 2.16. The molecule has 0 aliphatic rings. The Labute approximate surface area is 134 Å². The lowest BCUT2D eigenvalue weighted by atomic mass is 10.2. The van der Waals surface area contributed by atoms with Crippen LogP contribution in [-0.2, 0) is 11.3 Å². The van der Waals surface area contributed by atoms with Gasteiger partial charge in [0.2, 0.25) is 5.91 Å². The van der Waals surface area contributed by atoms with E-state index < -0.39 is 0 Å². The molecule has 0 aliphatic heterocycles. The Morgan fingerprint density at radius 1 is 1.39 bits per heavy atom. The van der Waals surface area contributed by atoms with Crippen molar-refractivity contribution in [1.82, 2.24) is 10.3 Å². The molecule has 0 unspecified atom stereocenters. The number of nitrogens with zero attached hydrogens (tertiary/aromatic N) is 1. The third kappa shape index (κ3) is 4.41. The van der Waals surface area contributed by atoms with Crippen LogP contribution in [0, 0.1) is 6.07 Å². The van der Waals surface area contributed by atoms with Crippen LogP contribution in [0.3, 0.4) is 0 Å². The normalized spacial score (nSPS) is 9.78. The first kappa shape index (κ1) is 16.2. The van der Waals surface area contributed by atoms with Crippen molar-refractivity contribution in [3.05, 3.63) is 66.5 Å². The van der Waals surface area contributed by atoms with Gasteiger partial charge in [-0.05, 0) is 30.3 Å². The van der Waals surface area contributed by atoms with Crippen LogP contribution in [0.4, 0.5) is 5.69 Å². The topological polar surface area (TPSA) is 80.3 Å². The smallest absolute Gasteiger partial charge is 0.256 e. The zero-order valence-corrected chi connectivity index (χ0v) is 12.6. The first-order valence-electron chi connectivity index (χ1n) is 6.85. The second kappa shape index (κ2) is 7.74. The van der Waals surface area contributed by atoms with E-state index in [2.05, 4.69) is 28.3 Å². The number of methoxy groups -OCH3 is 1. The molecule has 0 saturated heterocycles. The van der Waals surface area contributed by atoms with E-state index in [1.165, 1.54) is 19.4 Å². The molecule has 1 heterocycles. The van der Waals surface area contributed by atoms with Crippen molar-refractivity contribution in [1.29, 1.82) is 0 Å². The Morgan fingerprint density at radius 3 is 2.87 bits per heavy atom. The van der Waals surface area contributed by atoms with Gasteiger partial charge in [-0.2, -0.15) is 0 Å². The highest BCUT2D eigenvalue weighted by atomic mass is 16.5. The summed E-state index contributed by atoms with van der Waals surface area (Å²) < 4.78 is 5.13. The van der Waals surface area contributed by atoms with Crippen molar-refractivity contribution in [2.75, 3.05) is 12.4 Å². The highest BCUT2D eigenvalue weighted by molar-refractivity contribution is 5.98. The molecule has 1 aromatic heterocycles. The quantitative estimate of drug-likeness (QED) is 0.799. The van der Waals surface area contributed by atoms with Gasteiger partial charge in [-0.3, -0.25) is 14.6 Å². The molecule has 6 heteroatoms. The number of hydrogen-bond acceptors (Lipinski definition) is 4. The van der Waals surface area contributed by atoms with Crippen molar-refractivity contribution in [3.8, 4) is 5.75 Å². The van der Waals surface area contributed by atoms with E-state index in [1.807, 2.05) is 0 Å². The van der Waals surface area contributed by atoms with Crippen molar-refractivity contribution in [2.24, 2.45) is 0 Å². The SMILES string of the molecule is C=CC(=O)Nc1ccc(CNC(=O)c2[c]cccc2OC)nc1. The third-order valence-corrected chi connectivity index (χ3v) is 2.97. The van der Waals surface area contributed by atoms with Gasteiger partial charge in [-0.1, -0.05) is 18.7 Å². The fourth-order valence-electron chi connectivity index (χ4n) is 1.82. The second-order valence-electron chi connectivity index (χ2n) is 4.53. The van der Waals surface area contributed by atoms with Gasteiger partial charge in [0.1, 0.15) is 5.75 Å². The lowest BCUT2D eigenvalue weighted by molar-refractivity contribution is -0.111. The summed E-state index contributed by atoms with van der Waals surface area (Å²) in [6.07, 6.45) is 2.69. The monoisotopic (exact) mass is 310 g/mol. The number of anilines is 1. The van der Waals surface area contributed by atoms with Gasteiger partial charge in [0.05, 0.1) is 36.8 Å². The van der Waals surface area contributed by atoms with E-state index in [-0.39, 0.29) is 18.4 Å². The lowest BCUT2D eigenvalue weighted by Crippen LogP contribution is -2.24. The molecule has 0 saturated carbocycles. The van der Waals surface area contributed by atoms with Gasteiger partial charge in [0.25, 0.3) is 5.91 Å². The molecule has 6 nitrogen and oxygen atoms in total. The van der Waals surface area contributed by atoms with Gasteiger partial charge in [-0.15, -0.1) is 0 Å². The van der Waals surface area contributed by atoms with E-state index >= 15 is 0 Å². The minimum Gasteiger partial charge on any atom is -0.496 e. The van der Waals surface area contributed by atoms with Crippen LogP contribution < -0.4 is 15.4 Å². The molecule has 0 fully saturated rings. The summed E-state index contributed by atoms with van der Waals surface area (Å²) in [6.45, 7) is 3.62. The average molecular weight is 310 g/mol. The van der Waals surface area contributed by atoms with Crippen molar-refractivity contribution in [3.63, 3.8) is 0 Å². The minimum absolute atomic E-state index is 0.250. The first-order chi connectivity index (χ1) is 11.1. The van der Waals surface area contributed by atoms with Crippen molar-refractivity contribution >= 4 is 17.5 Å². The number of hydrogen-bond donors (Lipinski definition) is 2. The number of nitrogens with one attached hydrogen (secondary N) is 2. The van der Waals surface area contributed by atoms with E-state index in [9.17, 15) is 9.59 Å². The first-order valence-corrected chi connectivity index (χ1v) is 6.85. The number of aromatic nitrogens is 1. The predicted molar refractivity (Wildman–Crippen MR) is 86.1 cm³/mol. The molecule has 0 aliphatic carbocycles. The summed E-state index contributed by atoms with van der Waals surface area (Å²) in [7, 11) is 1.50. The van der Waals surface area contributed by atoms with Crippen LogP contribution in [0.2, 0.25) is 0 Å². The minimum atomic E-state index is -0.306. The Kier molecular flexibility index (Phi) is 5.46. The van der Waals surface area contributed by atoms with Crippen LogP contribution >= 0.6 is 0 Å². The molecular formula is C17H16N3O3. The Bertz CT molecular complexity index is 711. The fraction of sp³-hybridized carbons (Fsp3) is 0.118. The zero-order chi connectivity index (χ0) is 16.7. The maximum atomic E-state index is 12.1. The maximum Gasteiger partial charge on any atom is 0.256 e. The second-order valence-corrected chi connectivity index (χ2v) is 4.53. The molecule has 117 valence electrons.